The van der Waals surface area contributed by atoms with Crippen LogP contribution in [0.4, 0.5) is 13.2 Å². The highest BCUT2D eigenvalue weighted by Gasteiger charge is 2.48. The van der Waals surface area contributed by atoms with Crippen molar-refractivity contribution in [2.24, 2.45) is 17.8 Å². The average molecular weight is 166 g/mol. The van der Waals surface area contributed by atoms with Crippen LogP contribution in [-0.2, 0) is 0 Å². The highest BCUT2D eigenvalue weighted by Crippen LogP contribution is 2.46. The SMILES string of the molecule is CC1CCC(C)C1C(F)(F)F. The van der Waals surface area contributed by atoms with Crippen LogP contribution < -0.4 is 0 Å². The van der Waals surface area contributed by atoms with Crippen molar-refractivity contribution in [1.82, 2.24) is 0 Å². The molecule has 0 amide bonds. The maximum atomic E-state index is 12.3. The Bertz CT molecular complexity index is 129. The summed E-state index contributed by atoms with van der Waals surface area (Å²) in [6.45, 7) is 3.39. The lowest BCUT2D eigenvalue weighted by atomic mass is 9.91. The van der Waals surface area contributed by atoms with Gasteiger partial charge in [-0.2, -0.15) is 13.2 Å². The van der Waals surface area contributed by atoms with Crippen molar-refractivity contribution in [2.45, 2.75) is 32.9 Å². The molecule has 11 heavy (non-hydrogen) atoms. The molecule has 1 saturated carbocycles. The average Bonchev–Trinajstić information content (AvgIpc) is 2.08. The van der Waals surface area contributed by atoms with Gasteiger partial charge >= 0.3 is 6.18 Å². The summed E-state index contributed by atoms with van der Waals surface area (Å²) in [6.07, 6.45) is -2.52. The van der Waals surface area contributed by atoms with Gasteiger partial charge in [-0.25, -0.2) is 0 Å². The van der Waals surface area contributed by atoms with E-state index in [4.69, 9.17) is 0 Å². The first-order valence-electron chi connectivity index (χ1n) is 3.99. The number of hydrogen-bond acceptors (Lipinski definition) is 0. The molecule has 0 N–H and O–H groups in total. The minimum atomic E-state index is -3.98. The van der Waals surface area contributed by atoms with Crippen LogP contribution in [0.15, 0.2) is 0 Å². The Morgan fingerprint density at radius 3 is 1.55 bits per heavy atom. The molecule has 0 aromatic carbocycles. The van der Waals surface area contributed by atoms with E-state index in [2.05, 4.69) is 0 Å². The third-order valence-corrected chi connectivity index (χ3v) is 2.68. The minimum absolute atomic E-state index is 0.176. The quantitative estimate of drug-likeness (QED) is 0.518. The predicted molar refractivity (Wildman–Crippen MR) is 37.1 cm³/mol. The van der Waals surface area contributed by atoms with Gasteiger partial charge in [-0.05, 0) is 24.7 Å². The van der Waals surface area contributed by atoms with Gasteiger partial charge in [0.15, 0.2) is 0 Å². The summed E-state index contributed by atoms with van der Waals surface area (Å²) >= 11 is 0. The standard InChI is InChI=1S/C8H13F3/c1-5-3-4-6(2)7(5)8(9,10)11/h5-7H,3-4H2,1-2H3. The Balaban J connectivity index is 2.69. The normalized spacial score (nSPS) is 39.5. The van der Waals surface area contributed by atoms with Crippen molar-refractivity contribution >= 4 is 0 Å². The van der Waals surface area contributed by atoms with Gasteiger partial charge in [-0.3, -0.25) is 0 Å². The lowest BCUT2D eigenvalue weighted by Crippen LogP contribution is -2.29. The van der Waals surface area contributed by atoms with Crippen molar-refractivity contribution in [1.29, 1.82) is 0 Å². The molecule has 66 valence electrons. The van der Waals surface area contributed by atoms with E-state index in [0.717, 1.165) is 12.8 Å². The van der Waals surface area contributed by atoms with Crippen LogP contribution in [-0.4, -0.2) is 6.18 Å². The van der Waals surface area contributed by atoms with Crippen LogP contribution in [0.2, 0.25) is 0 Å². The highest BCUT2D eigenvalue weighted by atomic mass is 19.4. The van der Waals surface area contributed by atoms with Gasteiger partial charge in [0, 0.05) is 0 Å². The summed E-state index contributed by atoms with van der Waals surface area (Å²) in [5.74, 6) is -1.41. The fraction of sp³-hybridized carbons (Fsp3) is 1.00. The molecule has 1 aliphatic carbocycles. The molecule has 1 rings (SSSR count). The van der Waals surface area contributed by atoms with Crippen molar-refractivity contribution in [2.75, 3.05) is 0 Å². The molecule has 2 unspecified atom stereocenters. The largest absolute Gasteiger partial charge is 0.392 e. The van der Waals surface area contributed by atoms with Gasteiger partial charge in [-0.15, -0.1) is 0 Å². The van der Waals surface area contributed by atoms with E-state index in [1.54, 1.807) is 13.8 Å². The molecule has 2 atom stereocenters. The van der Waals surface area contributed by atoms with Gasteiger partial charge < -0.3 is 0 Å². The first-order chi connectivity index (χ1) is 4.93. The van der Waals surface area contributed by atoms with E-state index in [1.807, 2.05) is 0 Å². The Kier molecular flexibility index (Phi) is 2.17. The maximum absolute atomic E-state index is 12.3. The maximum Gasteiger partial charge on any atom is 0.392 e. The van der Waals surface area contributed by atoms with E-state index >= 15 is 0 Å². The summed E-state index contributed by atoms with van der Waals surface area (Å²) in [5, 5.41) is 0. The molecule has 0 spiro atoms. The molecule has 0 radical (unpaired) electrons. The summed E-state index contributed by atoms with van der Waals surface area (Å²) < 4.78 is 36.8. The summed E-state index contributed by atoms with van der Waals surface area (Å²) in [4.78, 5) is 0. The monoisotopic (exact) mass is 166 g/mol. The van der Waals surface area contributed by atoms with Crippen LogP contribution in [0, 0.1) is 17.8 Å². The summed E-state index contributed by atoms with van der Waals surface area (Å²) in [5.41, 5.74) is 0. The van der Waals surface area contributed by atoms with Gasteiger partial charge in [-0.1, -0.05) is 13.8 Å². The summed E-state index contributed by atoms with van der Waals surface area (Å²) in [7, 11) is 0. The predicted octanol–water partition coefficient (Wildman–Crippen LogP) is 3.23. The van der Waals surface area contributed by atoms with Crippen LogP contribution in [0.5, 0.6) is 0 Å². The first kappa shape index (κ1) is 8.88. The van der Waals surface area contributed by atoms with E-state index in [9.17, 15) is 13.2 Å². The number of hydrogen-bond donors (Lipinski definition) is 0. The molecular weight excluding hydrogens is 153 g/mol. The molecule has 0 aromatic heterocycles. The topological polar surface area (TPSA) is 0 Å². The van der Waals surface area contributed by atoms with Gasteiger partial charge in [0.1, 0.15) is 0 Å². The zero-order valence-electron chi connectivity index (χ0n) is 6.78. The van der Waals surface area contributed by atoms with Crippen LogP contribution in [0.3, 0.4) is 0 Å². The van der Waals surface area contributed by atoms with Crippen molar-refractivity contribution < 1.29 is 13.2 Å². The van der Waals surface area contributed by atoms with Gasteiger partial charge in [0.25, 0.3) is 0 Å². The molecule has 0 bridgehead atoms. The van der Waals surface area contributed by atoms with E-state index in [0.29, 0.717) is 0 Å². The lowest BCUT2D eigenvalue weighted by molar-refractivity contribution is -0.191. The Labute approximate surface area is 64.8 Å². The molecule has 0 saturated heterocycles. The highest BCUT2D eigenvalue weighted by molar-refractivity contribution is 4.84. The van der Waals surface area contributed by atoms with E-state index < -0.39 is 12.1 Å². The number of alkyl halides is 3. The second-order valence-electron chi connectivity index (χ2n) is 3.60. The lowest BCUT2D eigenvalue weighted by Gasteiger charge is -2.22. The number of halogens is 3. The minimum Gasteiger partial charge on any atom is -0.171 e. The van der Waals surface area contributed by atoms with E-state index in [1.165, 1.54) is 0 Å². The van der Waals surface area contributed by atoms with Crippen LogP contribution in [0.1, 0.15) is 26.7 Å². The van der Waals surface area contributed by atoms with E-state index in [-0.39, 0.29) is 11.8 Å². The zero-order chi connectivity index (χ0) is 8.65. The molecule has 1 aliphatic rings. The molecule has 0 heterocycles. The fourth-order valence-corrected chi connectivity index (χ4v) is 2.09. The Morgan fingerprint density at radius 1 is 1.00 bits per heavy atom. The molecule has 0 aliphatic heterocycles. The fourth-order valence-electron chi connectivity index (χ4n) is 2.09. The van der Waals surface area contributed by atoms with Crippen molar-refractivity contribution in [3.8, 4) is 0 Å². The second kappa shape index (κ2) is 2.68. The smallest absolute Gasteiger partial charge is 0.171 e. The summed E-state index contributed by atoms with van der Waals surface area (Å²) in [6, 6.07) is 0. The molecule has 3 heteroatoms. The third-order valence-electron chi connectivity index (χ3n) is 2.68. The van der Waals surface area contributed by atoms with Crippen LogP contribution >= 0.6 is 0 Å². The molecular formula is C8H13F3. The Morgan fingerprint density at radius 2 is 1.36 bits per heavy atom. The van der Waals surface area contributed by atoms with Crippen molar-refractivity contribution in [3.63, 3.8) is 0 Å². The van der Waals surface area contributed by atoms with Crippen molar-refractivity contribution in [3.05, 3.63) is 0 Å². The molecule has 0 nitrogen and oxygen atoms in total. The Hall–Kier alpha value is -0.210. The second-order valence-corrected chi connectivity index (χ2v) is 3.60. The zero-order valence-corrected chi connectivity index (χ0v) is 6.78. The number of rotatable bonds is 0. The van der Waals surface area contributed by atoms with Gasteiger partial charge in [0.05, 0.1) is 5.92 Å². The first-order valence-corrected chi connectivity index (χ1v) is 3.99. The third kappa shape index (κ3) is 1.68. The molecule has 1 fully saturated rings. The molecule has 0 aromatic rings. The van der Waals surface area contributed by atoms with Crippen LogP contribution in [0.25, 0.3) is 0 Å². The van der Waals surface area contributed by atoms with Gasteiger partial charge in [0.2, 0.25) is 0 Å².